The Labute approximate surface area is 221 Å². The lowest BCUT2D eigenvalue weighted by molar-refractivity contribution is 0.000363. The van der Waals surface area contributed by atoms with Crippen LogP contribution in [0.4, 0.5) is 31.2 Å². The predicted molar refractivity (Wildman–Crippen MR) is 143 cm³/mol. The van der Waals surface area contributed by atoms with E-state index in [0.29, 0.717) is 43.9 Å². The van der Waals surface area contributed by atoms with Crippen molar-refractivity contribution in [1.82, 2.24) is 19.5 Å². The highest BCUT2D eigenvalue weighted by Crippen LogP contribution is 2.36. The lowest BCUT2D eigenvalue weighted by atomic mass is 9.98. The maximum Gasteiger partial charge on any atom is 0.410 e. The molecule has 0 radical (unpaired) electrons. The Kier molecular flexibility index (Phi) is 6.19. The molecule has 5 rings (SSSR count). The van der Waals surface area contributed by atoms with Crippen molar-refractivity contribution in [2.24, 2.45) is 0 Å². The van der Waals surface area contributed by atoms with Crippen molar-refractivity contribution in [1.29, 1.82) is 0 Å². The molecule has 0 saturated carbocycles. The molecular formula is C27H34FN7O3. The number of anilines is 3. The summed E-state index contributed by atoms with van der Waals surface area (Å²) in [6.45, 7) is 13.6. The van der Waals surface area contributed by atoms with Gasteiger partial charge in [-0.15, -0.1) is 0 Å². The van der Waals surface area contributed by atoms with Crippen LogP contribution in [0.15, 0.2) is 30.6 Å². The summed E-state index contributed by atoms with van der Waals surface area (Å²) in [5, 5.41) is 6.91. The average molecular weight is 524 g/mol. The largest absolute Gasteiger partial charge is 0.444 e. The Morgan fingerprint density at radius 3 is 2.63 bits per heavy atom. The molecule has 0 unspecified atom stereocenters. The first-order valence-electron chi connectivity index (χ1n) is 12.8. The highest BCUT2D eigenvalue weighted by molar-refractivity contribution is 6.03. The summed E-state index contributed by atoms with van der Waals surface area (Å²) in [7, 11) is 0. The third kappa shape index (κ3) is 4.84. The highest BCUT2D eigenvalue weighted by Gasteiger charge is 2.40. The second-order valence-corrected chi connectivity index (χ2v) is 11.5. The molecule has 11 heteroatoms. The minimum absolute atomic E-state index is 0.0898. The zero-order chi connectivity index (χ0) is 27.4. The Morgan fingerprint density at radius 2 is 1.92 bits per heavy atom. The molecule has 202 valence electrons. The van der Waals surface area contributed by atoms with Crippen molar-refractivity contribution < 1.29 is 18.7 Å². The molecule has 0 aliphatic carbocycles. The number of rotatable bonds is 2. The van der Waals surface area contributed by atoms with Crippen LogP contribution < -0.4 is 15.1 Å². The number of pyridine rings is 2. The van der Waals surface area contributed by atoms with Crippen molar-refractivity contribution in [3.8, 4) is 0 Å². The molecule has 3 amide bonds. The number of fused-ring (bicyclic) bond motifs is 2. The first-order chi connectivity index (χ1) is 17.8. The Morgan fingerprint density at radius 1 is 1.16 bits per heavy atom. The zero-order valence-corrected chi connectivity index (χ0v) is 22.7. The van der Waals surface area contributed by atoms with Gasteiger partial charge in [0, 0.05) is 43.6 Å². The van der Waals surface area contributed by atoms with Crippen LogP contribution >= 0.6 is 0 Å². The minimum atomic E-state index is -0.569. The smallest absolute Gasteiger partial charge is 0.410 e. The van der Waals surface area contributed by atoms with E-state index in [-0.39, 0.29) is 11.8 Å². The third-order valence-corrected chi connectivity index (χ3v) is 6.86. The number of carbonyl (C=O) groups is 2. The number of piperazine rings is 1. The lowest BCUT2D eigenvalue weighted by Gasteiger charge is -2.48. The maximum atomic E-state index is 14.7. The molecule has 1 fully saturated rings. The summed E-state index contributed by atoms with van der Waals surface area (Å²) in [5.41, 5.74) is 2.47. The number of amides is 3. The van der Waals surface area contributed by atoms with Gasteiger partial charge >= 0.3 is 12.1 Å². The fraction of sp³-hybridized carbons (Fsp3) is 0.481. The number of halogens is 1. The summed E-state index contributed by atoms with van der Waals surface area (Å²) >= 11 is 0. The molecule has 0 atom stereocenters. The Hall–Kier alpha value is -3.89. The van der Waals surface area contributed by atoms with Crippen LogP contribution in [0.5, 0.6) is 0 Å². The molecule has 1 N–H and O–H groups in total. The van der Waals surface area contributed by atoms with Crippen molar-refractivity contribution in [2.45, 2.75) is 59.1 Å². The van der Waals surface area contributed by atoms with Crippen LogP contribution in [-0.2, 0) is 11.2 Å². The number of aryl methyl sites for hydroxylation is 1. The number of nitrogens with one attached hydrogen (secondary N) is 1. The number of urea groups is 1. The van der Waals surface area contributed by atoms with Gasteiger partial charge in [-0.2, -0.15) is 5.10 Å². The second kappa shape index (κ2) is 9.14. The number of aromatic nitrogens is 3. The molecule has 0 aromatic carbocycles. The van der Waals surface area contributed by atoms with Crippen LogP contribution in [0.1, 0.15) is 45.9 Å². The molecule has 5 heterocycles. The number of hydrogen-bond donors (Lipinski definition) is 1. The summed E-state index contributed by atoms with van der Waals surface area (Å²) in [6, 6.07) is 4.90. The van der Waals surface area contributed by atoms with Gasteiger partial charge in [0.2, 0.25) is 0 Å². The summed E-state index contributed by atoms with van der Waals surface area (Å²) in [4.78, 5) is 36.1. The van der Waals surface area contributed by atoms with Gasteiger partial charge in [0.15, 0.2) is 5.82 Å². The third-order valence-electron chi connectivity index (χ3n) is 6.86. The van der Waals surface area contributed by atoms with Gasteiger partial charge in [0.05, 0.1) is 28.6 Å². The predicted octanol–water partition coefficient (Wildman–Crippen LogP) is 4.61. The quantitative estimate of drug-likeness (QED) is 0.527. The molecule has 2 aliphatic heterocycles. The van der Waals surface area contributed by atoms with Gasteiger partial charge in [-0.25, -0.2) is 23.5 Å². The van der Waals surface area contributed by atoms with Gasteiger partial charge in [0.1, 0.15) is 11.4 Å². The molecule has 2 aliphatic rings. The van der Waals surface area contributed by atoms with E-state index in [2.05, 4.69) is 20.3 Å². The Balaban J connectivity index is 1.34. The van der Waals surface area contributed by atoms with Crippen molar-refractivity contribution in [2.75, 3.05) is 41.3 Å². The fourth-order valence-electron chi connectivity index (χ4n) is 5.20. The zero-order valence-electron chi connectivity index (χ0n) is 22.7. The van der Waals surface area contributed by atoms with E-state index in [1.54, 1.807) is 22.1 Å². The molecule has 0 bridgehead atoms. The van der Waals surface area contributed by atoms with Gasteiger partial charge in [-0.3, -0.25) is 9.80 Å². The van der Waals surface area contributed by atoms with Crippen LogP contribution in [-0.4, -0.2) is 68.9 Å². The van der Waals surface area contributed by atoms with Crippen molar-refractivity contribution in [3.63, 3.8) is 0 Å². The summed E-state index contributed by atoms with van der Waals surface area (Å²) in [6.07, 6.45) is 3.25. The van der Waals surface area contributed by atoms with Gasteiger partial charge in [-0.05, 0) is 66.2 Å². The van der Waals surface area contributed by atoms with Gasteiger partial charge in [-0.1, -0.05) is 0 Å². The van der Waals surface area contributed by atoms with Crippen LogP contribution in [0.3, 0.4) is 0 Å². The number of ether oxygens (including phenoxy) is 1. The summed E-state index contributed by atoms with van der Waals surface area (Å²) < 4.78 is 21.8. The van der Waals surface area contributed by atoms with Crippen LogP contribution in [0, 0.1) is 12.7 Å². The Bertz CT molecular complexity index is 1410. The minimum Gasteiger partial charge on any atom is -0.444 e. The topological polar surface area (TPSA) is 95.3 Å². The van der Waals surface area contributed by atoms with Gasteiger partial charge < -0.3 is 15.0 Å². The molecule has 10 nitrogen and oxygen atoms in total. The number of hydrogen-bond acceptors (Lipinski definition) is 6. The highest BCUT2D eigenvalue weighted by atomic mass is 19.1. The van der Waals surface area contributed by atoms with Crippen molar-refractivity contribution >= 4 is 34.8 Å². The molecule has 0 spiro atoms. The first kappa shape index (κ1) is 25.7. The lowest BCUT2D eigenvalue weighted by Crippen LogP contribution is -2.62. The average Bonchev–Trinajstić information content (AvgIpc) is 3.39. The fourth-order valence-corrected chi connectivity index (χ4v) is 5.20. The molecule has 3 aromatic rings. The first-order valence-corrected chi connectivity index (χ1v) is 12.8. The van der Waals surface area contributed by atoms with E-state index in [9.17, 15) is 14.0 Å². The van der Waals surface area contributed by atoms with Crippen LogP contribution in [0.25, 0.3) is 5.52 Å². The maximum absolute atomic E-state index is 14.7. The molecule has 38 heavy (non-hydrogen) atoms. The molecular weight excluding hydrogens is 489 g/mol. The van der Waals surface area contributed by atoms with E-state index in [1.807, 2.05) is 53.7 Å². The van der Waals surface area contributed by atoms with E-state index in [1.165, 1.54) is 10.7 Å². The summed E-state index contributed by atoms with van der Waals surface area (Å²) in [5.74, 6) is -0.00534. The van der Waals surface area contributed by atoms with E-state index in [0.717, 1.165) is 16.9 Å². The monoisotopic (exact) mass is 523 g/mol. The van der Waals surface area contributed by atoms with Crippen molar-refractivity contribution in [3.05, 3.63) is 47.7 Å². The van der Waals surface area contributed by atoms with E-state index in [4.69, 9.17) is 4.74 Å². The van der Waals surface area contributed by atoms with E-state index >= 15 is 0 Å². The SMILES string of the molecule is Cc1cc2cc(NC(=O)N3CCc4c(N5CCN(C(=O)OC(C)(C)C)C(C)(C)C5)ccnc43)c(F)cn2n1. The van der Waals surface area contributed by atoms with Gasteiger partial charge in [0.25, 0.3) is 0 Å². The molecule has 1 saturated heterocycles. The number of nitrogens with zero attached hydrogens (tertiary/aromatic N) is 6. The second-order valence-electron chi connectivity index (χ2n) is 11.5. The standard InChI is InChI=1S/C27H34FN7O3/c1-17-13-18-14-21(20(28)15-35(18)31-17)30-24(36)33-10-8-19-22(7-9-29-23(19)33)32-11-12-34(27(5,6)16-32)25(37)38-26(2,3)4/h7,9,13-15H,8,10-12,16H2,1-6H3,(H,30,36). The normalized spacial score (nSPS) is 17.1. The number of carbonyl (C=O) groups excluding carboxylic acids is 2. The van der Waals surface area contributed by atoms with Crippen LogP contribution in [0.2, 0.25) is 0 Å². The molecule has 3 aromatic heterocycles. The van der Waals surface area contributed by atoms with E-state index < -0.39 is 23.0 Å².